The highest BCUT2D eigenvalue weighted by Gasteiger charge is 2.23. The van der Waals surface area contributed by atoms with Gasteiger partial charge < -0.3 is 10.1 Å². The molecule has 1 amide bonds. The number of anilines is 1. The Morgan fingerprint density at radius 2 is 2.11 bits per heavy atom. The summed E-state index contributed by atoms with van der Waals surface area (Å²) in [6.45, 7) is 8.91. The average molecular weight is 269 g/mol. The van der Waals surface area contributed by atoms with Gasteiger partial charge in [-0.3, -0.25) is 9.69 Å². The summed E-state index contributed by atoms with van der Waals surface area (Å²) in [7, 11) is 0. The van der Waals surface area contributed by atoms with Crippen LogP contribution in [0.4, 0.5) is 5.13 Å². The highest BCUT2D eigenvalue weighted by atomic mass is 32.1. The van der Waals surface area contributed by atoms with Crippen molar-refractivity contribution in [1.29, 1.82) is 0 Å². The first kappa shape index (κ1) is 13.5. The van der Waals surface area contributed by atoms with Crippen LogP contribution in [0.5, 0.6) is 0 Å². The monoisotopic (exact) mass is 269 g/mol. The van der Waals surface area contributed by atoms with Crippen LogP contribution in [-0.4, -0.2) is 48.1 Å². The second-order valence-corrected chi connectivity index (χ2v) is 5.68. The molecule has 0 aromatic carbocycles. The molecular formula is C12H19N3O2S. The summed E-state index contributed by atoms with van der Waals surface area (Å²) >= 11 is 1.52. The first-order chi connectivity index (χ1) is 8.58. The topological polar surface area (TPSA) is 54.5 Å². The SMILES string of the molecule is Cc1nc(NC(=O)C(C)N2CCOCC2)sc1C. The van der Waals surface area contributed by atoms with Crippen LogP contribution in [0.2, 0.25) is 0 Å². The minimum absolute atomic E-state index is 0.00523. The number of ether oxygens (including phenoxy) is 1. The lowest BCUT2D eigenvalue weighted by Gasteiger charge is -2.31. The predicted molar refractivity (Wildman–Crippen MR) is 72.1 cm³/mol. The van der Waals surface area contributed by atoms with E-state index in [1.807, 2.05) is 20.8 Å². The fraction of sp³-hybridized carbons (Fsp3) is 0.667. The molecular weight excluding hydrogens is 250 g/mol. The van der Waals surface area contributed by atoms with Gasteiger partial charge in [-0.25, -0.2) is 4.98 Å². The summed E-state index contributed by atoms with van der Waals surface area (Å²) < 4.78 is 5.28. The van der Waals surface area contributed by atoms with E-state index >= 15 is 0 Å². The zero-order valence-electron chi connectivity index (χ0n) is 11.0. The molecule has 1 fully saturated rings. The van der Waals surface area contributed by atoms with E-state index in [1.54, 1.807) is 0 Å². The first-order valence-corrected chi connectivity index (χ1v) is 6.96. The van der Waals surface area contributed by atoms with E-state index in [0.29, 0.717) is 18.3 Å². The number of amides is 1. The molecule has 2 heterocycles. The number of morpholine rings is 1. The number of carbonyl (C=O) groups is 1. The molecule has 0 saturated carbocycles. The molecule has 5 nitrogen and oxygen atoms in total. The van der Waals surface area contributed by atoms with Gasteiger partial charge in [0.1, 0.15) is 0 Å². The number of carbonyl (C=O) groups excluding carboxylic acids is 1. The summed E-state index contributed by atoms with van der Waals surface area (Å²) in [6, 6.07) is -0.140. The Morgan fingerprint density at radius 3 is 2.67 bits per heavy atom. The second-order valence-electron chi connectivity index (χ2n) is 4.47. The number of aromatic nitrogens is 1. The van der Waals surface area contributed by atoms with E-state index in [9.17, 15) is 4.79 Å². The lowest BCUT2D eigenvalue weighted by molar-refractivity contribution is -0.122. The highest BCUT2D eigenvalue weighted by molar-refractivity contribution is 7.15. The highest BCUT2D eigenvalue weighted by Crippen LogP contribution is 2.21. The molecule has 1 aromatic rings. The quantitative estimate of drug-likeness (QED) is 0.901. The van der Waals surface area contributed by atoms with Crippen molar-refractivity contribution in [3.63, 3.8) is 0 Å². The van der Waals surface area contributed by atoms with Crippen LogP contribution in [0.1, 0.15) is 17.5 Å². The maximum absolute atomic E-state index is 12.1. The molecule has 1 aliphatic heterocycles. The van der Waals surface area contributed by atoms with Gasteiger partial charge in [0.15, 0.2) is 5.13 Å². The van der Waals surface area contributed by atoms with Crippen molar-refractivity contribution < 1.29 is 9.53 Å². The molecule has 1 aromatic heterocycles. The molecule has 100 valence electrons. The maximum Gasteiger partial charge on any atom is 0.243 e. The van der Waals surface area contributed by atoms with E-state index in [-0.39, 0.29) is 11.9 Å². The van der Waals surface area contributed by atoms with Crippen LogP contribution in [0.25, 0.3) is 0 Å². The van der Waals surface area contributed by atoms with Crippen molar-refractivity contribution in [2.24, 2.45) is 0 Å². The van der Waals surface area contributed by atoms with Crippen molar-refractivity contribution in [2.75, 3.05) is 31.6 Å². The standard InChI is InChI=1S/C12H19N3O2S/c1-8-10(3)18-12(13-8)14-11(16)9(2)15-4-6-17-7-5-15/h9H,4-7H2,1-3H3,(H,13,14,16). The van der Waals surface area contributed by atoms with Crippen molar-refractivity contribution in [2.45, 2.75) is 26.8 Å². The molecule has 1 aliphatic rings. The number of thiazole rings is 1. The van der Waals surface area contributed by atoms with Crippen LogP contribution in [0.3, 0.4) is 0 Å². The predicted octanol–water partition coefficient (Wildman–Crippen LogP) is 1.42. The fourth-order valence-corrected chi connectivity index (χ4v) is 2.68. The van der Waals surface area contributed by atoms with E-state index in [1.165, 1.54) is 11.3 Å². The van der Waals surface area contributed by atoms with Crippen molar-refractivity contribution in [3.05, 3.63) is 10.6 Å². The molecule has 18 heavy (non-hydrogen) atoms. The van der Waals surface area contributed by atoms with Gasteiger partial charge in [-0.1, -0.05) is 0 Å². The van der Waals surface area contributed by atoms with Gasteiger partial charge in [-0.15, -0.1) is 11.3 Å². The Morgan fingerprint density at radius 1 is 1.44 bits per heavy atom. The normalized spacial score (nSPS) is 18.6. The number of rotatable bonds is 3. The van der Waals surface area contributed by atoms with Crippen molar-refractivity contribution in [1.82, 2.24) is 9.88 Å². The Bertz CT molecular complexity index is 407. The first-order valence-electron chi connectivity index (χ1n) is 6.14. The molecule has 1 N–H and O–H groups in total. The van der Waals surface area contributed by atoms with E-state index in [0.717, 1.165) is 23.7 Å². The summed E-state index contributed by atoms with van der Waals surface area (Å²) in [5, 5.41) is 3.58. The van der Waals surface area contributed by atoms with Crippen LogP contribution in [0.15, 0.2) is 0 Å². The lowest BCUT2D eigenvalue weighted by atomic mass is 10.2. The summed E-state index contributed by atoms with van der Waals surface area (Å²) in [5.74, 6) is 0.00523. The van der Waals surface area contributed by atoms with Crippen molar-refractivity contribution >= 4 is 22.4 Å². The van der Waals surface area contributed by atoms with Crippen LogP contribution in [0, 0.1) is 13.8 Å². The summed E-state index contributed by atoms with van der Waals surface area (Å²) in [6.07, 6.45) is 0. The van der Waals surface area contributed by atoms with Gasteiger partial charge >= 0.3 is 0 Å². The molecule has 1 saturated heterocycles. The molecule has 0 spiro atoms. The third kappa shape index (κ3) is 3.07. The van der Waals surface area contributed by atoms with Crippen molar-refractivity contribution in [3.8, 4) is 0 Å². The Kier molecular flexibility index (Phi) is 4.31. The molecule has 1 unspecified atom stereocenters. The lowest BCUT2D eigenvalue weighted by Crippen LogP contribution is -2.47. The third-order valence-corrected chi connectivity index (χ3v) is 4.22. The average Bonchev–Trinajstić information content (AvgIpc) is 2.68. The Labute approximate surface area is 111 Å². The second kappa shape index (κ2) is 5.77. The van der Waals surface area contributed by atoms with E-state index in [4.69, 9.17) is 4.74 Å². The van der Waals surface area contributed by atoms with Gasteiger partial charge in [0.25, 0.3) is 0 Å². The third-order valence-electron chi connectivity index (χ3n) is 3.23. The number of hydrogen-bond donors (Lipinski definition) is 1. The Balaban J connectivity index is 1.94. The molecule has 0 bridgehead atoms. The number of nitrogens with zero attached hydrogens (tertiary/aromatic N) is 2. The fourth-order valence-electron chi connectivity index (χ4n) is 1.87. The number of nitrogens with one attached hydrogen (secondary N) is 1. The molecule has 0 aliphatic carbocycles. The summed E-state index contributed by atoms with van der Waals surface area (Å²) in [4.78, 5) is 19.7. The van der Waals surface area contributed by atoms with Gasteiger partial charge in [-0.2, -0.15) is 0 Å². The largest absolute Gasteiger partial charge is 0.379 e. The van der Waals surface area contributed by atoms with Gasteiger partial charge in [0.2, 0.25) is 5.91 Å². The number of hydrogen-bond acceptors (Lipinski definition) is 5. The van der Waals surface area contributed by atoms with Gasteiger partial charge in [0.05, 0.1) is 24.9 Å². The maximum atomic E-state index is 12.1. The zero-order chi connectivity index (χ0) is 13.1. The summed E-state index contributed by atoms with van der Waals surface area (Å²) in [5.41, 5.74) is 0.981. The van der Waals surface area contributed by atoms with Crippen LogP contribution in [-0.2, 0) is 9.53 Å². The smallest absolute Gasteiger partial charge is 0.243 e. The van der Waals surface area contributed by atoms with Gasteiger partial charge in [-0.05, 0) is 20.8 Å². The molecule has 1 atom stereocenters. The minimum Gasteiger partial charge on any atom is -0.379 e. The Hall–Kier alpha value is -0.980. The molecule has 2 rings (SSSR count). The van der Waals surface area contributed by atoms with Gasteiger partial charge in [0, 0.05) is 18.0 Å². The van der Waals surface area contributed by atoms with Crippen LogP contribution >= 0.6 is 11.3 Å². The molecule has 6 heteroatoms. The zero-order valence-corrected chi connectivity index (χ0v) is 11.8. The van der Waals surface area contributed by atoms with E-state index in [2.05, 4.69) is 15.2 Å². The van der Waals surface area contributed by atoms with E-state index < -0.39 is 0 Å². The number of aryl methyl sites for hydroxylation is 2. The van der Waals surface area contributed by atoms with Crippen LogP contribution < -0.4 is 5.32 Å². The molecule has 0 radical (unpaired) electrons. The minimum atomic E-state index is -0.140.